The van der Waals surface area contributed by atoms with Gasteiger partial charge in [0.2, 0.25) is 0 Å². The summed E-state index contributed by atoms with van der Waals surface area (Å²) in [5.74, 6) is -1.03. The number of nitrogens with one attached hydrogen (secondary N) is 2. The molecule has 0 saturated heterocycles. The number of ether oxygens (including phenoxy) is 1. The molecule has 2 atom stereocenters. The Bertz CT molecular complexity index is 487. The number of carbonyl (C=O) groups is 2. The minimum Gasteiger partial charge on any atom is -0.468 e. The maximum Gasteiger partial charge on any atom is 0.328 e. The lowest BCUT2D eigenvalue weighted by Gasteiger charge is -2.32. The van der Waals surface area contributed by atoms with E-state index in [-0.39, 0.29) is 11.8 Å². The number of benzene rings is 1. The predicted octanol–water partition coefficient (Wildman–Crippen LogP) is 1.67. The van der Waals surface area contributed by atoms with Crippen LogP contribution in [0.25, 0.3) is 0 Å². The molecule has 1 aromatic carbocycles. The van der Waals surface area contributed by atoms with Crippen molar-refractivity contribution in [2.75, 3.05) is 7.11 Å². The molecule has 1 amide bonds. The Hall–Kier alpha value is -2.14. The molecular formula is C15H20N2O3. The van der Waals surface area contributed by atoms with E-state index in [0.717, 1.165) is 0 Å². The van der Waals surface area contributed by atoms with Crippen LogP contribution in [0.1, 0.15) is 24.2 Å². The molecule has 2 unspecified atom stereocenters. The van der Waals surface area contributed by atoms with Crippen molar-refractivity contribution in [2.24, 2.45) is 5.92 Å². The first-order valence-electron chi connectivity index (χ1n) is 6.29. The average molecular weight is 276 g/mol. The fourth-order valence-electron chi connectivity index (χ4n) is 1.65. The zero-order valence-corrected chi connectivity index (χ0v) is 12.0. The van der Waals surface area contributed by atoms with E-state index in [1.165, 1.54) is 7.11 Å². The molecule has 20 heavy (non-hydrogen) atoms. The molecule has 1 rings (SSSR count). The summed E-state index contributed by atoms with van der Waals surface area (Å²) in [4.78, 5) is 23.9. The van der Waals surface area contributed by atoms with Crippen LogP contribution in [0, 0.1) is 5.92 Å². The number of amides is 1. The second-order valence-electron chi connectivity index (χ2n) is 4.66. The first-order valence-corrected chi connectivity index (χ1v) is 6.29. The van der Waals surface area contributed by atoms with Gasteiger partial charge in [-0.05, 0) is 19.1 Å². The average Bonchev–Trinajstić information content (AvgIpc) is 2.51. The second kappa shape index (κ2) is 6.86. The summed E-state index contributed by atoms with van der Waals surface area (Å²) in [6, 6.07) is 8.72. The predicted molar refractivity (Wildman–Crippen MR) is 76.8 cm³/mol. The van der Waals surface area contributed by atoms with Gasteiger partial charge in [-0.3, -0.25) is 10.2 Å². The molecule has 5 nitrogen and oxygen atoms in total. The van der Waals surface area contributed by atoms with Gasteiger partial charge in [0, 0.05) is 11.5 Å². The highest BCUT2D eigenvalue weighted by Crippen LogP contribution is 2.19. The molecule has 1 aromatic rings. The summed E-state index contributed by atoms with van der Waals surface area (Å²) in [6.07, 6.45) is 1.62. The molecule has 5 heteroatoms. The first-order chi connectivity index (χ1) is 9.45. The van der Waals surface area contributed by atoms with Gasteiger partial charge in [0.25, 0.3) is 5.91 Å². The van der Waals surface area contributed by atoms with Gasteiger partial charge in [-0.25, -0.2) is 10.2 Å². The van der Waals surface area contributed by atoms with Gasteiger partial charge >= 0.3 is 5.97 Å². The van der Waals surface area contributed by atoms with Gasteiger partial charge in [0.1, 0.15) is 5.54 Å². The lowest BCUT2D eigenvalue weighted by atomic mass is 9.88. The molecule has 0 heterocycles. The molecule has 0 radical (unpaired) electrons. The third-order valence-corrected chi connectivity index (χ3v) is 3.35. The smallest absolute Gasteiger partial charge is 0.328 e. The number of hydrazine groups is 1. The molecule has 2 N–H and O–H groups in total. The van der Waals surface area contributed by atoms with Crippen LogP contribution in [-0.2, 0) is 9.53 Å². The molecule has 0 saturated carbocycles. The van der Waals surface area contributed by atoms with E-state index in [2.05, 4.69) is 17.4 Å². The Kier molecular flexibility index (Phi) is 5.46. The zero-order valence-electron chi connectivity index (χ0n) is 12.0. The monoisotopic (exact) mass is 276 g/mol. The fourth-order valence-corrected chi connectivity index (χ4v) is 1.65. The number of hydrogen-bond donors (Lipinski definition) is 2. The van der Waals surface area contributed by atoms with Crippen molar-refractivity contribution < 1.29 is 14.3 Å². The summed E-state index contributed by atoms with van der Waals surface area (Å²) in [6.45, 7) is 7.13. The molecule has 0 aromatic heterocycles. The van der Waals surface area contributed by atoms with E-state index in [9.17, 15) is 9.59 Å². The van der Waals surface area contributed by atoms with Crippen molar-refractivity contribution in [1.82, 2.24) is 10.9 Å². The molecular weight excluding hydrogens is 256 g/mol. The number of rotatable bonds is 6. The second-order valence-corrected chi connectivity index (χ2v) is 4.66. The van der Waals surface area contributed by atoms with E-state index in [1.54, 1.807) is 37.3 Å². The van der Waals surface area contributed by atoms with Crippen molar-refractivity contribution >= 4 is 11.9 Å². The third-order valence-electron chi connectivity index (χ3n) is 3.35. The highest BCUT2D eigenvalue weighted by Gasteiger charge is 2.39. The van der Waals surface area contributed by atoms with Crippen LogP contribution in [0.5, 0.6) is 0 Å². The Morgan fingerprint density at radius 2 is 1.95 bits per heavy atom. The summed E-state index contributed by atoms with van der Waals surface area (Å²) in [7, 11) is 1.30. The normalized spacial score (nSPS) is 14.8. The maximum atomic E-state index is 12.0. The number of carbonyl (C=O) groups excluding carboxylic acids is 2. The van der Waals surface area contributed by atoms with Gasteiger partial charge in [-0.15, -0.1) is 6.58 Å². The third kappa shape index (κ3) is 3.45. The van der Waals surface area contributed by atoms with Gasteiger partial charge in [-0.2, -0.15) is 0 Å². The molecule has 0 aliphatic rings. The Morgan fingerprint density at radius 3 is 2.45 bits per heavy atom. The van der Waals surface area contributed by atoms with Crippen molar-refractivity contribution in [3.8, 4) is 0 Å². The molecule has 0 fully saturated rings. The molecule has 0 aliphatic carbocycles. The van der Waals surface area contributed by atoms with Crippen LogP contribution >= 0.6 is 0 Å². The van der Waals surface area contributed by atoms with Crippen LogP contribution < -0.4 is 10.9 Å². The number of esters is 1. The highest BCUT2D eigenvalue weighted by atomic mass is 16.5. The fraction of sp³-hybridized carbons (Fsp3) is 0.333. The van der Waals surface area contributed by atoms with Crippen molar-refractivity contribution in [3.63, 3.8) is 0 Å². The van der Waals surface area contributed by atoms with Crippen molar-refractivity contribution in [2.45, 2.75) is 19.4 Å². The standard InChI is InChI=1S/C15H20N2O3/c1-5-11(2)15(3,14(19)20-4)17-16-13(18)12-9-7-6-8-10-12/h5-11,17H,1H2,2-4H3,(H,16,18). The summed E-state index contributed by atoms with van der Waals surface area (Å²) in [5.41, 5.74) is 4.70. The highest BCUT2D eigenvalue weighted by molar-refractivity contribution is 5.94. The van der Waals surface area contributed by atoms with Crippen LogP contribution in [0.15, 0.2) is 43.0 Å². The summed E-state index contributed by atoms with van der Waals surface area (Å²) >= 11 is 0. The summed E-state index contributed by atoms with van der Waals surface area (Å²) in [5, 5.41) is 0. The van der Waals surface area contributed by atoms with Gasteiger partial charge in [0.05, 0.1) is 7.11 Å². The number of methoxy groups -OCH3 is 1. The van der Waals surface area contributed by atoms with Crippen LogP contribution in [0.3, 0.4) is 0 Å². The lowest BCUT2D eigenvalue weighted by molar-refractivity contribution is -0.149. The minimum absolute atomic E-state index is 0.231. The van der Waals surface area contributed by atoms with Gasteiger partial charge in [0.15, 0.2) is 0 Å². The Morgan fingerprint density at radius 1 is 1.35 bits per heavy atom. The van der Waals surface area contributed by atoms with Crippen LogP contribution in [0.2, 0.25) is 0 Å². The zero-order chi connectivity index (χ0) is 15.2. The van der Waals surface area contributed by atoms with Crippen LogP contribution in [-0.4, -0.2) is 24.5 Å². The molecule has 0 bridgehead atoms. The number of hydrogen-bond acceptors (Lipinski definition) is 4. The largest absolute Gasteiger partial charge is 0.468 e. The van der Waals surface area contributed by atoms with Gasteiger partial charge < -0.3 is 4.74 Å². The Balaban J connectivity index is 2.80. The molecule has 0 aliphatic heterocycles. The van der Waals surface area contributed by atoms with E-state index >= 15 is 0 Å². The van der Waals surface area contributed by atoms with E-state index < -0.39 is 11.5 Å². The SMILES string of the molecule is C=CC(C)C(C)(NNC(=O)c1ccccc1)C(=O)OC. The van der Waals surface area contributed by atoms with Crippen molar-refractivity contribution in [1.29, 1.82) is 0 Å². The molecule has 108 valence electrons. The topological polar surface area (TPSA) is 67.4 Å². The van der Waals surface area contributed by atoms with Gasteiger partial charge in [-0.1, -0.05) is 31.2 Å². The van der Waals surface area contributed by atoms with Crippen molar-refractivity contribution in [3.05, 3.63) is 48.6 Å². The lowest BCUT2D eigenvalue weighted by Crippen LogP contribution is -2.60. The minimum atomic E-state index is -1.08. The Labute approximate surface area is 119 Å². The summed E-state index contributed by atoms with van der Waals surface area (Å²) < 4.78 is 4.78. The van der Waals surface area contributed by atoms with E-state index in [1.807, 2.05) is 13.0 Å². The van der Waals surface area contributed by atoms with E-state index in [0.29, 0.717) is 5.56 Å². The quantitative estimate of drug-likeness (QED) is 0.471. The van der Waals surface area contributed by atoms with Crippen LogP contribution in [0.4, 0.5) is 0 Å². The van der Waals surface area contributed by atoms with E-state index in [4.69, 9.17) is 4.74 Å². The molecule has 0 spiro atoms. The first kappa shape index (κ1) is 15.9. The maximum absolute atomic E-state index is 12.0.